The van der Waals surface area contributed by atoms with E-state index in [2.05, 4.69) is 69.7 Å². The maximum Gasteiger partial charge on any atom is 0.569 e. The molecule has 4 aromatic rings. The second kappa shape index (κ2) is 66.9. The highest BCUT2D eigenvalue weighted by atomic mass is 16.5. The van der Waals surface area contributed by atoms with Crippen molar-refractivity contribution < 1.29 is 43.7 Å². The third-order valence-corrected chi connectivity index (χ3v) is 12.2. The Kier molecular flexibility index (Phi) is 72.8. The van der Waals surface area contributed by atoms with Gasteiger partial charge in [-0.2, -0.15) is 0 Å². The molecular weight excluding hydrogens is 1100 g/mol. The summed E-state index contributed by atoms with van der Waals surface area (Å²) in [4.78, 5) is 62.6. The SMILES string of the molecule is CC.CC.CC.CC.CC.CC.CC.CC.CC1CN(C(=O)c2ccc(B(O)O)cc2)CC1C.CCC(C)CNC(=O)CCC(=O)Nc1ccc(O[B]O)cc1.CCC(C)CNCCC(=O)Nc1cccc(C)c1.CCCN(C)C(=O)c1ccc(C)cc1. The minimum absolute atomic E-state index is 0.0187. The summed E-state index contributed by atoms with van der Waals surface area (Å²) in [5.74, 6) is 2.50. The van der Waals surface area contributed by atoms with Crippen LogP contribution in [0.1, 0.15) is 230 Å². The first-order valence-electron chi connectivity index (χ1n) is 33.2. The molecule has 0 aromatic heterocycles. The van der Waals surface area contributed by atoms with Crippen LogP contribution in [0.25, 0.3) is 0 Å². The van der Waals surface area contributed by atoms with E-state index >= 15 is 0 Å². The number of amides is 5. The largest absolute Gasteiger partial charge is 0.569 e. The fraction of sp³-hybridized carbons (Fsp3) is 0.592. The van der Waals surface area contributed by atoms with Crippen molar-refractivity contribution in [2.24, 2.45) is 23.7 Å². The number of nitrogens with one attached hydrogen (secondary N) is 4. The average molecular weight is 1230 g/mol. The number of nitrogens with zero attached hydrogens (tertiary/aromatic N) is 2. The highest BCUT2D eigenvalue weighted by molar-refractivity contribution is 6.58. The molecule has 1 heterocycles. The van der Waals surface area contributed by atoms with Gasteiger partial charge in [0.25, 0.3) is 11.8 Å². The van der Waals surface area contributed by atoms with Gasteiger partial charge in [-0.15, -0.1) is 0 Å². The van der Waals surface area contributed by atoms with Gasteiger partial charge in [0.15, 0.2) is 0 Å². The summed E-state index contributed by atoms with van der Waals surface area (Å²) in [5, 5.41) is 38.2. The standard InChI is InChI=1S/C15H22BN2O4.C15H24N2O.C13H18BNO3.C12H17NO.8C2H6/c1-3-11(2)10-17-14(19)8-9-15(20)18-12-4-6-13(7-5-12)22-16-21;1-4-12(2)11-16-9-8-15(18)17-14-7-5-6-13(3)10-14;1-9-7-15(8-10(9)2)13(16)11-3-5-12(6-4-11)14(17)18;1-4-9-13(3)12(14)11-7-5-10(2)6-8-11;8*1-2/h4-7,11,21H,3,8-10H2,1-2H3,(H,17,19)(H,18,20);5-7,10,12,16H,4,8-9,11H2,1-3H3,(H,17,18);3-6,9-10,17-18H,7-8H2,1-2H3;5-8H,4,9H2,1-3H3;8*1-2H3. The van der Waals surface area contributed by atoms with Crippen LogP contribution in [0.15, 0.2) is 97.1 Å². The van der Waals surface area contributed by atoms with Gasteiger partial charge in [0.1, 0.15) is 5.75 Å². The second-order valence-corrected chi connectivity index (χ2v) is 18.8. The zero-order valence-electron chi connectivity index (χ0n) is 60.4. The van der Waals surface area contributed by atoms with E-state index in [1.807, 2.05) is 185 Å². The fourth-order valence-electron chi connectivity index (χ4n) is 6.92. The van der Waals surface area contributed by atoms with E-state index < -0.39 is 7.12 Å². The van der Waals surface area contributed by atoms with Crippen molar-refractivity contribution in [3.8, 4) is 5.75 Å². The molecule has 1 aliphatic heterocycles. The summed E-state index contributed by atoms with van der Waals surface area (Å²) in [7, 11) is 0.943. The van der Waals surface area contributed by atoms with Gasteiger partial charge in [0.2, 0.25) is 17.7 Å². The lowest BCUT2D eigenvalue weighted by Crippen LogP contribution is -2.31. The van der Waals surface area contributed by atoms with Crippen LogP contribution < -0.4 is 31.4 Å². The van der Waals surface area contributed by atoms with Gasteiger partial charge in [-0.25, -0.2) is 0 Å². The van der Waals surface area contributed by atoms with E-state index in [0.29, 0.717) is 66.8 Å². The van der Waals surface area contributed by atoms with Gasteiger partial charge in [0, 0.05) is 81.5 Å². The Balaban J connectivity index is -0.000000185. The maximum absolute atomic E-state index is 12.2. The molecule has 17 heteroatoms. The Morgan fingerprint density at radius 1 is 0.602 bits per heavy atom. The van der Waals surface area contributed by atoms with Crippen LogP contribution in [0.3, 0.4) is 0 Å². The summed E-state index contributed by atoms with van der Waals surface area (Å²) in [5.41, 5.74) is 5.58. The van der Waals surface area contributed by atoms with E-state index in [1.54, 1.807) is 53.4 Å². The molecule has 0 bridgehead atoms. The smallest absolute Gasteiger partial charge is 0.537 e. The number of anilines is 2. The van der Waals surface area contributed by atoms with Gasteiger partial charge in [-0.05, 0) is 122 Å². The molecule has 503 valence electrons. The summed E-state index contributed by atoms with van der Waals surface area (Å²) < 4.78 is 4.77. The first-order valence-corrected chi connectivity index (χ1v) is 33.2. The third kappa shape index (κ3) is 48.9. The molecule has 15 nitrogen and oxygen atoms in total. The fourth-order valence-corrected chi connectivity index (χ4v) is 6.92. The molecule has 0 saturated carbocycles. The Morgan fingerprint density at radius 3 is 1.51 bits per heavy atom. The molecule has 0 aliphatic carbocycles. The summed E-state index contributed by atoms with van der Waals surface area (Å²) in [6.45, 7) is 55.7. The molecule has 1 saturated heterocycles. The number of aryl methyl sites for hydroxylation is 2. The molecular formula is C71H129B2N6O9. The zero-order valence-corrected chi connectivity index (χ0v) is 60.4. The molecule has 4 unspecified atom stereocenters. The molecule has 7 N–H and O–H groups in total. The number of likely N-dealkylation sites (tertiary alicyclic amines) is 1. The van der Waals surface area contributed by atoms with Crippen molar-refractivity contribution in [2.45, 2.75) is 212 Å². The lowest BCUT2D eigenvalue weighted by molar-refractivity contribution is -0.124. The quantitative estimate of drug-likeness (QED) is 0.0310. The summed E-state index contributed by atoms with van der Waals surface area (Å²) >= 11 is 0. The van der Waals surface area contributed by atoms with Gasteiger partial charge >= 0.3 is 14.8 Å². The van der Waals surface area contributed by atoms with Crippen LogP contribution in [0.4, 0.5) is 11.4 Å². The van der Waals surface area contributed by atoms with Crippen molar-refractivity contribution in [1.82, 2.24) is 20.4 Å². The minimum atomic E-state index is -1.49. The van der Waals surface area contributed by atoms with Crippen LogP contribution in [0.2, 0.25) is 0 Å². The predicted octanol–water partition coefficient (Wildman–Crippen LogP) is 15.2. The van der Waals surface area contributed by atoms with Crippen LogP contribution in [-0.2, 0) is 14.4 Å². The second-order valence-electron chi connectivity index (χ2n) is 18.8. The van der Waals surface area contributed by atoms with Crippen molar-refractivity contribution in [1.29, 1.82) is 0 Å². The van der Waals surface area contributed by atoms with Crippen LogP contribution in [0, 0.1) is 37.5 Å². The van der Waals surface area contributed by atoms with Crippen LogP contribution >= 0.6 is 0 Å². The highest BCUT2D eigenvalue weighted by Gasteiger charge is 2.30. The molecule has 1 radical (unpaired) electrons. The number of carbonyl (C=O) groups excluding carboxylic acids is 5. The number of rotatable bonds is 21. The predicted molar refractivity (Wildman–Crippen MR) is 382 cm³/mol. The highest BCUT2D eigenvalue weighted by Crippen LogP contribution is 2.23. The van der Waals surface area contributed by atoms with Gasteiger partial charge < -0.3 is 50.8 Å². The van der Waals surface area contributed by atoms with E-state index in [9.17, 15) is 24.0 Å². The van der Waals surface area contributed by atoms with Gasteiger partial charge in [0.05, 0.1) is 0 Å². The van der Waals surface area contributed by atoms with Crippen molar-refractivity contribution in [2.75, 3.05) is 56.9 Å². The zero-order chi connectivity index (χ0) is 69.6. The van der Waals surface area contributed by atoms with Crippen LogP contribution in [-0.4, -0.2) is 116 Å². The first-order chi connectivity index (χ1) is 42.3. The first kappa shape index (κ1) is 95.6. The van der Waals surface area contributed by atoms with E-state index in [4.69, 9.17) is 19.7 Å². The molecule has 4 atom stereocenters. The number of hydrogen-bond donors (Lipinski definition) is 7. The van der Waals surface area contributed by atoms with Crippen molar-refractivity contribution in [3.63, 3.8) is 0 Å². The molecule has 88 heavy (non-hydrogen) atoms. The van der Waals surface area contributed by atoms with E-state index in [-0.39, 0.29) is 42.4 Å². The molecule has 4 aromatic carbocycles. The van der Waals surface area contributed by atoms with Crippen molar-refractivity contribution >= 4 is 61.2 Å². The Labute approximate surface area is 540 Å². The van der Waals surface area contributed by atoms with Gasteiger partial charge in [-0.3, -0.25) is 24.0 Å². The average Bonchev–Trinajstić information content (AvgIpc) is 4.04. The Hall–Kier alpha value is -6.00. The lowest BCUT2D eigenvalue weighted by Gasteiger charge is -2.16. The number of carbonyl (C=O) groups is 5. The monoisotopic (exact) mass is 1230 g/mol. The summed E-state index contributed by atoms with van der Waals surface area (Å²) in [6, 6.07) is 28.5. The van der Waals surface area contributed by atoms with E-state index in [1.165, 1.54) is 12.0 Å². The van der Waals surface area contributed by atoms with Gasteiger partial charge in [-0.1, -0.05) is 214 Å². The Bertz CT molecular complexity index is 2210. The number of benzene rings is 4. The molecule has 5 rings (SSSR count). The number of hydrogen-bond acceptors (Lipinski definition) is 10. The van der Waals surface area contributed by atoms with Crippen LogP contribution in [0.5, 0.6) is 5.75 Å². The molecule has 1 aliphatic rings. The van der Waals surface area contributed by atoms with E-state index in [0.717, 1.165) is 62.4 Å². The molecule has 1 fully saturated rings. The molecule has 0 spiro atoms. The third-order valence-electron chi connectivity index (χ3n) is 12.2. The lowest BCUT2D eigenvalue weighted by atomic mass is 9.80. The maximum atomic E-state index is 12.2. The normalized spacial score (nSPS) is 12.2. The molecule has 5 amide bonds. The topological polar surface area (TPSA) is 210 Å². The van der Waals surface area contributed by atoms with Crippen molar-refractivity contribution in [3.05, 3.63) is 119 Å². The minimum Gasteiger partial charge on any atom is -0.537 e. The summed E-state index contributed by atoms with van der Waals surface area (Å²) in [6.07, 6.45) is 3.99. The Morgan fingerprint density at radius 2 is 1.06 bits per heavy atom.